The maximum Gasteiger partial charge on any atom is 0.338 e. The zero-order chi connectivity index (χ0) is 35.3. The molecule has 5 aliphatic carbocycles. The highest BCUT2D eigenvalue weighted by Crippen LogP contribution is 2.80. The summed E-state index contributed by atoms with van der Waals surface area (Å²) < 4.78 is 43.9. The topological polar surface area (TPSA) is 160 Å². The first-order valence-corrected chi connectivity index (χ1v) is 17.2. The second-order valence-electron chi connectivity index (χ2n) is 15.0. The lowest BCUT2D eigenvalue weighted by Crippen LogP contribution is -2.81. The minimum absolute atomic E-state index is 0.0534. The summed E-state index contributed by atoms with van der Waals surface area (Å²) in [6, 6.07) is 8.12. The largest absolute Gasteiger partial charge is 0.462 e. The average Bonchev–Trinajstić information content (AvgIpc) is 3.44. The Morgan fingerprint density at radius 2 is 1.63 bits per heavy atom. The van der Waals surface area contributed by atoms with Crippen molar-refractivity contribution in [2.45, 2.75) is 87.5 Å². The normalized spacial score (nSPS) is 47.4. The van der Waals surface area contributed by atoms with Gasteiger partial charge in [0.25, 0.3) is 0 Å². The minimum Gasteiger partial charge on any atom is -0.462 e. The van der Waals surface area contributed by atoms with E-state index in [9.17, 15) is 24.6 Å². The van der Waals surface area contributed by atoms with E-state index in [0.29, 0.717) is 19.5 Å². The zero-order valence-corrected chi connectivity index (χ0v) is 29.2. The molecular formula is C36H49NO12. The molecule has 49 heavy (non-hydrogen) atoms. The number of carbonyl (C=O) groups is 3. The van der Waals surface area contributed by atoms with Gasteiger partial charge in [-0.1, -0.05) is 25.1 Å². The van der Waals surface area contributed by atoms with Crippen molar-refractivity contribution in [3.63, 3.8) is 0 Å². The molecule has 6 fully saturated rings. The van der Waals surface area contributed by atoms with Crippen molar-refractivity contribution >= 4 is 17.9 Å². The highest BCUT2D eigenvalue weighted by molar-refractivity contribution is 5.89. The number of rotatable bonds is 10. The lowest BCUT2D eigenvalue weighted by molar-refractivity contribution is -0.322. The van der Waals surface area contributed by atoms with Gasteiger partial charge in [0.05, 0.1) is 24.4 Å². The average molecular weight is 688 g/mol. The summed E-state index contributed by atoms with van der Waals surface area (Å²) in [5, 5.41) is 25.5. The third-order valence-corrected chi connectivity index (χ3v) is 13.4. The monoisotopic (exact) mass is 687 g/mol. The van der Waals surface area contributed by atoms with Gasteiger partial charge in [0, 0.05) is 89.9 Å². The predicted molar refractivity (Wildman–Crippen MR) is 170 cm³/mol. The second-order valence-corrected chi connectivity index (χ2v) is 15.0. The Morgan fingerprint density at radius 3 is 2.20 bits per heavy atom. The van der Waals surface area contributed by atoms with Gasteiger partial charge in [-0.3, -0.25) is 14.5 Å². The van der Waals surface area contributed by atoms with Gasteiger partial charge >= 0.3 is 17.9 Å². The number of nitrogens with zero attached hydrogens (tertiary/aromatic N) is 1. The number of hydrogen-bond acceptors (Lipinski definition) is 13. The van der Waals surface area contributed by atoms with E-state index in [0.717, 1.165) is 0 Å². The minimum atomic E-state index is -1.86. The van der Waals surface area contributed by atoms with Gasteiger partial charge in [0.15, 0.2) is 5.60 Å². The Bertz CT molecular complexity index is 1480. The zero-order valence-electron chi connectivity index (χ0n) is 29.2. The van der Waals surface area contributed by atoms with Crippen LogP contribution in [-0.2, 0) is 42.7 Å². The smallest absolute Gasteiger partial charge is 0.338 e. The molecule has 1 saturated heterocycles. The van der Waals surface area contributed by atoms with E-state index in [1.807, 2.05) is 6.92 Å². The van der Waals surface area contributed by atoms with Crippen molar-refractivity contribution < 1.29 is 57.8 Å². The molecule has 15 atom stereocenters. The van der Waals surface area contributed by atoms with Gasteiger partial charge in [-0.05, 0) is 31.0 Å². The van der Waals surface area contributed by atoms with Crippen molar-refractivity contribution in [2.75, 3.05) is 48.1 Å². The third kappa shape index (κ3) is 4.21. The van der Waals surface area contributed by atoms with E-state index in [4.69, 9.17) is 33.2 Å². The molecule has 7 rings (SSSR count). The standard InChI is InChI=1S/C36H49NO12/c1-8-37-16-33(17-43-4)22(47-18(2)38)14-23(44-5)35-21-15-34(42)30(48-32(41)20-12-10-9-11-13-20)24(21)36(49-19(3)39,29(40)31(34)46-7)25(28(35)37)26(45-6)27(33)35/h9-13,21-31,40,42H,8,14-17H2,1-7H3/t21-,22-,23+,24-,25-,26+,27-,28-,29+,30-,31+,33+,34-,35+,36-/m1/s1. The molecule has 0 aromatic heterocycles. The Hall–Kier alpha value is -2.65. The molecule has 1 heterocycles. The van der Waals surface area contributed by atoms with Crippen molar-refractivity contribution in [3.8, 4) is 0 Å². The SMILES string of the molecule is CCN1C[C@@]2(COC)[C@H]3[C@@H](OC)[C@@H]4[C@@H]1[C@]3([C@@H](OC)C[C@H]2OC(C)=O)[C@@H]1C[C@@]2(O)[C@H](OC(=O)c3ccccc3)[C@@H]1[C@]4(OC(C)=O)[C@@H](O)[C@@H]2OC. The summed E-state index contributed by atoms with van der Waals surface area (Å²) >= 11 is 0. The molecular weight excluding hydrogens is 638 g/mol. The molecule has 13 nitrogen and oxygen atoms in total. The number of ether oxygens (including phenoxy) is 7. The van der Waals surface area contributed by atoms with E-state index in [1.165, 1.54) is 21.0 Å². The van der Waals surface area contributed by atoms with E-state index >= 15 is 0 Å². The van der Waals surface area contributed by atoms with Crippen LogP contribution in [0.3, 0.4) is 0 Å². The summed E-state index contributed by atoms with van der Waals surface area (Å²) in [6.45, 7) is 5.99. The Kier molecular flexibility index (Phi) is 8.49. The fourth-order valence-corrected chi connectivity index (χ4v) is 12.7. The summed E-state index contributed by atoms with van der Waals surface area (Å²) in [4.78, 5) is 42.2. The van der Waals surface area contributed by atoms with E-state index in [1.54, 1.807) is 51.7 Å². The van der Waals surface area contributed by atoms with Gasteiger partial charge in [-0.15, -0.1) is 0 Å². The quantitative estimate of drug-likeness (QED) is 0.267. The molecule has 1 spiro atoms. The number of likely N-dealkylation sites (tertiary alicyclic amines) is 1. The molecule has 5 saturated carbocycles. The molecule has 270 valence electrons. The van der Waals surface area contributed by atoms with Crippen LogP contribution in [0.5, 0.6) is 0 Å². The molecule has 1 aliphatic heterocycles. The van der Waals surface area contributed by atoms with Crippen LogP contribution in [0.1, 0.15) is 44.0 Å². The van der Waals surface area contributed by atoms with E-state index in [-0.39, 0.29) is 24.6 Å². The Morgan fingerprint density at radius 1 is 0.918 bits per heavy atom. The van der Waals surface area contributed by atoms with Gasteiger partial charge in [0.1, 0.15) is 30.0 Å². The number of esters is 3. The number of methoxy groups -OCH3 is 4. The highest BCUT2D eigenvalue weighted by Gasteiger charge is 2.92. The van der Waals surface area contributed by atoms with E-state index < -0.39 is 100 Å². The second kappa shape index (κ2) is 12.0. The van der Waals surface area contributed by atoms with Crippen LogP contribution in [0.25, 0.3) is 0 Å². The number of piperidine rings is 1. The van der Waals surface area contributed by atoms with Crippen LogP contribution in [0, 0.1) is 34.5 Å². The first kappa shape index (κ1) is 34.8. The molecule has 6 aliphatic rings. The first-order valence-electron chi connectivity index (χ1n) is 17.2. The molecule has 2 N–H and O–H groups in total. The molecule has 13 heteroatoms. The number of hydrogen-bond donors (Lipinski definition) is 2. The van der Waals surface area contributed by atoms with Gasteiger partial charge in [0.2, 0.25) is 0 Å². The number of carbonyl (C=O) groups excluding carboxylic acids is 3. The fourth-order valence-electron chi connectivity index (χ4n) is 12.7. The van der Waals surface area contributed by atoms with Gasteiger partial charge in [-0.25, -0.2) is 4.79 Å². The number of aliphatic hydroxyl groups is 2. The maximum atomic E-state index is 13.8. The summed E-state index contributed by atoms with van der Waals surface area (Å²) in [6.07, 6.45) is -5.45. The predicted octanol–water partition coefficient (Wildman–Crippen LogP) is 1.22. The number of fused-ring (bicyclic) bond motifs is 2. The molecule has 1 aromatic rings. The highest BCUT2D eigenvalue weighted by atomic mass is 16.6. The van der Waals surface area contributed by atoms with Crippen molar-refractivity contribution in [1.29, 1.82) is 0 Å². The lowest BCUT2D eigenvalue weighted by atomic mass is 9.42. The third-order valence-electron chi connectivity index (χ3n) is 13.4. The van der Waals surface area contributed by atoms with Gasteiger partial charge < -0.3 is 43.4 Å². The van der Waals surface area contributed by atoms with Crippen LogP contribution in [0.4, 0.5) is 0 Å². The van der Waals surface area contributed by atoms with Gasteiger partial charge in [-0.2, -0.15) is 0 Å². The van der Waals surface area contributed by atoms with Crippen molar-refractivity contribution in [1.82, 2.24) is 4.90 Å². The van der Waals surface area contributed by atoms with Crippen LogP contribution in [0.2, 0.25) is 0 Å². The molecule has 0 radical (unpaired) electrons. The Labute approximate surface area is 286 Å². The summed E-state index contributed by atoms with van der Waals surface area (Å²) in [5.41, 5.74) is -4.92. The molecule has 1 aromatic carbocycles. The first-order chi connectivity index (χ1) is 23.4. The Balaban J connectivity index is 1.53. The van der Waals surface area contributed by atoms with Crippen LogP contribution < -0.4 is 0 Å². The number of benzene rings is 1. The van der Waals surface area contributed by atoms with Crippen LogP contribution >= 0.6 is 0 Å². The number of aliphatic hydroxyl groups excluding tert-OH is 1. The maximum absolute atomic E-state index is 13.8. The fraction of sp³-hybridized carbons (Fsp3) is 0.750. The molecule has 7 bridgehead atoms. The summed E-state index contributed by atoms with van der Waals surface area (Å²) in [5.74, 6) is -4.24. The van der Waals surface area contributed by atoms with Crippen LogP contribution in [0.15, 0.2) is 30.3 Å². The van der Waals surface area contributed by atoms with Crippen LogP contribution in [-0.4, -0.2) is 135 Å². The van der Waals surface area contributed by atoms with Crippen molar-refractivity contribution in [3.05, 3.63) is 35.9 Å². The summed E-state index contributed by atoms with van der Waals surface area (Å²) in [7, 11) is 6.25. The molecule has 0 unspecified atom stereocenters. The lowest BCUT2D eigenvalue weighted by Gasteiger charge is -2.70. The van der Waals surface area contributed by atoms with E-state index in [2.05, 4.69) is 4.90 Å². The molecule has 0 amide bonds. The van der Waals surface area contributed by atoms with Crippen molar-refractivity contribution in [2.24, 2.45) is 34.5 Å².